The van der Waals surface area contributed by atoms with E-state index in [9.17, 15) is 8.42 Å². The number of nitrogens with zero attached hydrogens (tertiary/aromatic N) is 4. The van der Waals surface area contributed by atoms with Crippen molar-refractivity contribution in [1.82, 2.24) is 19.8 Å². The van der Waals surface area contributed by atoms with Gasteiger partial charge in [0.25, 0.3) is 0 Å². The van der Waals surface area contributed by atoms with E-state index >= 15 is 0 Å². The quantitative estimate of drug-likeness (QED) is 0.476. The minimum Gasteiger partial charge on any atom is -0.376 e. The first-order chi connectivity index (χ1) is 15.4. The van der Waals surface area contributed by atoms with E-state index < -0.39 is 9.84 Å². The third-order valence-corrected chi connectivity index (χ3v) is 7.52. The zero-order valence-corrected chi connectivity index (χ0v) is 18.8. The van der Waals surface area contributed by atoms with Gasteiger partial charge < -0.3 is 10.1 Å². The summed E-state index contributed by atoms with van der Waals surface area (Å²) in [6, 6.07) is 14.5. The third kappa shape index (κ3) is 3.61. The molecule has 0 spiro atoms. The molecule has 1 saturated heterocycles. The molecule has 1 atom stereocenters. The molecular formula is C23H25N5O3S. The third-order valence-electron chi connectivity index (χ3n) is 5.85. The molecule has 8 nitrogen and oxygen atoms in total. The van der Waals surface area contributed by atoms with Crippen LogP contribution in [0.2, 0.25) is 0 Å². The summed E-state index contributed by atoms with van der Waals surface area (Å²) in [5.41, 5.74) is 2.00. The van der Waals surface area contributed by atoms with E-state index in [1.807, 2.05) is 36.4 Å². The summed E-state index contributed by atoms with van der Waals surface area (Å²) in [6.07, 6.45) is 2.16. The van der Waals surface area contributed by atoms with E-state index in [1.165, 1.54) is 4.52 Å². The van der Waals surface area contributed by atoms with Gasteiger partial charge in [-0.3, -0.25) is 0 Å². The summed E-state index contributed by atoms with van der Waals surface area (Å²) in [6.45, 7) is 5.50. The Morgan fingerprint density at radius 3 is 2.66 bits per heavy atom. The average Bonchev–Trinajstić information content (AvgIpc) is 3.47. The summed E-state index contributed by atoms with van der Waals surface area (Å²) in [7, 11) is -3.89. The van der Waals surface area contributed by atoms with Gasteiger partial charge in [-0.1, -0.05) is 43.3 Å². The number of ether oxygens (including phenoxy) is 1. The molecule has 0 aliphatic carbocycles. The Balaban J connectivity index is 1.61. The lowest BCUT2D eigenvalue weighted by Crippen LogP contribution is -2.19. The fourth-order valence-electron chi connectivity index (χ4n) is 4.01. The normalized spacial score (nSPS) is 16.9. The highest BCUT2D eigenvalue weighted by Gasteiger charge is 2.27. The monoisotopic (exact) mass is 451 g/mol. The van der Waals surface area contributed by atoms with Crippen molar-refractivity contribution in [2.75, 3.05) is 18.5 Å². The lowest BCUT2D eigenvalue weighted by molar-refractivity contribution is 0.120. The highest BCUT2D eigenvalue weighted by molar-refractivity contribution is 7.91. The Morgan fingerprint density at radius 2 is 1.94 bits per heavy atom. The second-order valence-corrected chi connectivity index (χ2v) is 10.2. The molecule has 9 heteroatoms. The number of nitrogens with one attached hydrogen (secondary N) is 1. The minimum atomic E-state index is -3.89. The minimum absolute atomic E-state index is 0.123. The van der Waals surface area contributed by atoms with Crippen molar-refractivity contribution in [3.05, 3.63) is 54.1 Å². The molecule has 4 aromatic rings. The van der Waals surface area contributed by atoms with Crippen molar-refractivity contribution >= 4 is 32.2 Å². The number of hydrogen-bond donors (Lipinski definition) is 1. The molecule has 2 aromatic heterocycles. The molecule has 0 amide bonds. The van der Waals surface area contributed by atoms with Crippen LogP contribution in [-0.4, -0.2) is 47.5 Å². The van der Waals surface area contributed by atoms with Gasteiger partial charge in [0.15, 0.2) is 5.65 Å². The number of anilines is 1. The van der Waals surface area contributed by atoms with Crippen molar-refractivity contribution in [2.45, 2.75) is 48.6 Å². The molecule has 3 heterocycles. The zero-order valence-electron chi connectivity index (χ0n) is 18.0. The van der Waals surface area contributed by atoms with Crippen molar-refractivity contribution in [1.29, 1.82) is 0 Å². The molecule has 0 bridgehead atoms. The van der Waals surface area contributed by atoms with Crippen LogP contribution < -0.4 is 5.32 Å². The van der Waals surface area contributed by atoms with Crippen LogP contribution in [0.5, 0.6) is 0 Å². The Bertz CT molecular complexity index is 1370. The van der Waals surface area contributed by atoms with Crippen molar-refractivity contribution in [3.8, 4) is 0 Å². The van der Waals surface area contributed by atoms with Gasteiger partial charge in [-0.05, 0) is 48.6 Å². The second-order valence-electron chi connectivity index (χ2n) is 8.35. The van der Waals surface area contributed by atoms with Gasteiger partial charge in [0.1, 0.15) is 5.82 Å². The maximum absolute atomic E-state index is 13.4. The Hall–Kier alpha value is -3.04. The lowest BCUT2D eigenvalue weighted by atomic mass is 10.0. The number of aromatic nitrogens is 4. The molecule has 32 heavy (non-hydrogen) atoms. The molecule has 5 rings (SSSR count). The van der Waals surface area contributed by atoms with Gasteiger partial charge in [-0.15, -0.1) is 5.10 Å². The lowest BCUT2D eigenvalue weighted by Gasteiger charge is -2.13. The molecule has 1 fully saturated rings. The number of fused-ring (bicyclic) bond motifs is 3. The van der Waals surface area contributed by atoms with Gasteiger partial charge >= 0.3 is 0 Å². The highest BCUT2D eigenvalue weighted by atomic mass is 32.2. The van der Waals surface area contributed by atoms with Gasteiger partial charge in [0.2, 0.25) is 14.9 Å². The van der Waals surface area contributed by atoms with Gasteiger partial charge in [0.05, 0.1) is 16.5 Å². The largest absolute Gasteiger partial charge is 0.376 e. The predicted octanol–water partition coefficient (Wildman–Crippen LogP) is 3.82. The number of benzene rings is 2. The summed E-state index contributed by atoms with van der Waals surface area (Å²) < 4.78 is 34.0. The molecule has 2 aromatic carbocycles. The molecule has 166 valence electrons. The summed E-state index contributed by atoms with van der Waals surface area (Å²) in [5.74, 6) is 0.907. The van der Waals surface area contributed by atoms with Crippen molar-refractivity contribution < 1.29 is 13.2 Å². The number of rotatable bonds is 6. The first-order valence-electron chi connectivity index (χ1n) is 10.8. The van der Waals surface area contributed by atoms with Crippen LogP contribution in [-0.2, 0) is 14.6 Å². The molecule has 1 N–H and O–H groups in total. The summed E-state index contributed by atoms with van der Waals surface area (Å²) >= 11 is 0. The van der Waals surface area contributed by atoms with E-state index in [-0.39, 0.29) is 21.7 Å². The molecule has 0 unspecified atom stereocenters. The highest BCUT2D eigenvalue weighted by Crippen LogP contribution is 2.29. The van der Waals surface area contributed by atoms with Gasteiger partial charge in [-0.25, -0.2) is 13.4 Å². The maximum atomic E-state index is 13.4. The molecular weight excluding hydrogens is 426 g/mol. The fraction of sp³-hybridized carbons (Fsp3) is 0.348. The van der Waals surface area contributed by atoms with Crippen LogP contribution in [0.4, 0.5) is 5.82 Å². The van der Waals surface area contributed by atoms with Crippen LogP contribution in [0, 0.1) is 0 Å². The Morgan fingerprint density at radius 1 is 1.16 bits per heavy atom. The zero-order chi connectivity index (χ0) is 22.3. The van der Waals surface area contributed by atoms with Crippen LogP contribution in [0.1, 0.15) is 38.2 Å². The van der Waals surface area contributed by atoms with E-state index in [1.54, 1.807) is 12.1 Å². The first-order valence-corrected chi connectivity index (χ1v) is 12.3. The molecule has 1 aliphatic rings. The van der Waals surface area contributed by atoms with Gasteiger partial charge in [0, 0.05) is 18.5 Å². The SMILES string of the molecule is CC(C)c1ccc(S(=O)(=O)c2nnn3c2nc(NC[C@H]2CCCO2)c2ccccc23)cc1. The first kappa shape index (κ1) is 20.8. The predicted molar refractivity (Wildman–Crippen MR) is 122 cm³/mol. The van der Waals surface area contributed by atoms with Crippen LogP contribution in [0.3, 0.4) is 0 Å². The number of sulfone groups is 1. The van der Waals surface area contributed by atoms with Crippen molar-refractivity contribution in [3.63, 3.8) is 0 Å². The Labute approximate surface area is 186 Å². The molecule has 1 aliphatic heterocycles. The fourth-order valence-corrected chi connectivity index (χ4v) is 5.25. The van der Waals surface area contributed by atoms with Gasteiger partial charge in [-0.2, -0.15) is 4.52 Å². The Kier molecular flexibility index (Phi) is 5.30. The van der Waals surface area contributed by atoms with Crippen molar-refractivity contribution in [2.24, 2.45) is 0 Å². The van der Waals surface area contributed by atoms with E-state index in [0.29, 0.717) is 18.3 Å². The second kappa shape index (κ2) is 8.14. The smallest absolute Gasteiger partial charge is 0.229 e. The van der Waals surface area contributed by atoms with Crippen LogP contribution >= 0.6 is 0 Å². The van der Waals surface area contributed by atoms with Crippen LogP contribution in [0.25, 0.3) is 16.6 Å². The van der Waals surface area contributed by atoms with E-state index in [2.05, 4.69) is 34.5 Å². The number of hydrogen-bond acceptors (Lipinski definition) is 7. The maximum Gasteiger partial charge on any atom is 0.229 e. The summed E-state index contributed by atoms with van der Waals surface area (Å²) in [5, 5.41) is 12.2. The van der Waals surface area contributed by atoms with E-state index in [0.717, 1.165) is 35.9 Å². The standard InChI is InChI=1S/C23H25N5O3S/c1-15(2)16-9-11-18(12-10-16)32(29,30)23-22-25-21(24-14-17-6-5-13-31-17)19-7-3-4-8-20(19)28(22)27-26-23/h3-4,7-12,15,17H,5-6,13-14H2,1-2H3,(H,24,25)/t17-/m1/s1. The van der Waals surface area contributed by atoms with E-state index in [4.69, 9.17) is 4.74 Å². The molecule has 0 saturated carbocycles. The molecule has 0 radical (unpaired) electrons. The average molecular weight is 452 g/mol. The van der Waals surface area contributed by atoms with Crippen LogP contribution in [0.15, 0.2) is 58.5 Å². The number of para-hydroxylation sites is 1. The topological polar surface area (TPSA) is 98.5 Å². The summed E-state index contributed by atoms with van der Waals surface area (Å²) in [4.78, 5) is 4.83.